The molecule has 0 bridgehead atoms. The van der Waals surface area contributed by atoms with Crippen molar-refractivity contribution in [3.63, 3.8) is 0 Å². The smallest absolute Gasteiger partial charge is 0.270 e. The molecule has 0 aliphatic carbocycles. The van der Waals surface area contributed by atoms with E-state index in [4.69, 9.17) is 0 Å². The Morgan fingerprint density at radius 3 is 2.12 bits per heavy atom. The number of hydrogen-bond acceptors (Lipinski definition) is 2. The fourth-order valence-electron chi connectivity index (χ4n) is 3.71. The Morgan fingerprint density at radius 2 is 1.64 bits per heavy atom. The van der Waals surface area contributed by atoms with Gasteiger partial charge in [-0.2, -0.15) is 0 Å². The summed E-state index contributed by atoms with van der Waals surface area (Å²) in [5, 5.41) is 0. The number of carbonyl (C=O) groups excluding carboxylic acids is 1. The number of piperazine rings is 1. The second kappa shape index (κ2) is 6.58. The highest BCUT2D eigenvalue weighted by molar-refractivity contribution is 5.93. The van der Waals surface area contributed by atoms with Gasteiger partial charge in [0.2, 0.25) is 0 Å². The average molecular weight is 339 g/mol. The van der Waals surface area contributed by atoms with Crippen LogP contribution in [0, 0.1) is 0 Å². The molecule has 0 unspecified atom stereocenters. The number of amides is 1. The lowest BCUT2D eigenvalue weighted by Gasteiger charge is -2.45. The van der Waals surface area contributed by atoms with Gasteiger partial charge in [-0.15, -0.1) is 0 Å². The molecular weight excluding hydrogens is 310 g/mol. The van der Waals surface area contributed by atoms with Crippen molar-refractivity contribution in [3.8, 4) is 0 Å². The van der Waals surface area contributed by atoms with Crippen LogP contribution in [0.3, 0.4) is 0 Å². The van der Waals surface area contributed by atoms with E-state index in [0.29, 0.717) is 5.69 Å². The zero-order valence-corrected chi connectivity index (χ0v) is 15.9. The van der Waals surface area contributed by atoms with Crippen molar-refractivity contribution in [1.29, 1.82) is 0 Å². The van der Waals surface area contributed by atoms with Gasteiger partial charge in [0.05, 0.1) is 0 Å². The van der Waals surface area contributed by atoms with Gasteiger partial charge in [-0.3, -0.25) is 4.79 Å². The highest BCUT2D eigenvalue weighted by atomic mass is 16.2. The van der Waals surface area contributed by atoms with Crippen LogP contribution in [0.15, 0.2) is 42.6 Å². The summed E-state index contributed by atoms with van der Waals surface area (Å²) in [4.78, 5) is 20.2. The fraction of sp³-hybridized carbons (Fsp3) is 0.476. The predicted octanol–water partition coefficient (Wildman–Crippen LogP) is 4.05. The van der Waals surface area contributed by atoms with Crippen molar-refractivity contribution in [2.45, 2.75) is 52.1 Å². The number of benzene rings is 1. The number of nitrogens with one attached hydrogen (secondary N) is 1. The predicted molar refractivity (Wildman–Crippen MR) is 103 cm³/mol. The lowest BCUT2D eigenvalue weighted by molar-refractivity contribution is 0.0569. The number of rotatable bonds is 2. The van der Waals surface area contributed by atoms with E-state index in [2.05, 4.69) is 68.8 Å². The number of aromatic nitrogens is 1. The van der Waals surface area contributed by atoms with Crippen LogP contribution in [0.2, 0.25) is 0 Å². The topological polar surface area (TPSA) is 39.3 Å². The fourth-order valence-corrected chi connectivity index (χ4v) is 3.71. The molecule has 0 spiro atoms. The van der Waals surface area contributed by atoms with Crippen molar-refractivity contribution in [2.75, 3.05) is 18.0 Å². The van der Waals surface area contributed by atoms with Gasteiger partial charge in [0.15, 0.2) is 0 Å². The third-order valence-electron chi connectivity index (χ3n) is 5.08. The maximum atomic E-state index is 12.8. The molecule has 1 amide bonds. The van der Waals surface area contributed by atoms with E-state index in [-0.39, 0.29) is 23.4 Å². The van der Waals surface area contributed by atoms with Gasteiger partial charge < -0.3 is 14.8 Å². The third kappa shape index (κ3) is 3.58. The first-order valence-corrected chi connectivity index (χ1v) is 9.09. The second-order valence-corrected chi connectivity index (χ2v) is 8.20. The van der Waals surface area contributed by atoms with Crippen LogP contribution in [0.1, 0.15) is 50.7 Å². The molecule has 0 saturated carbocycles. The Hall–Kier alpha value is -2.23. The Morgan fingerprint density at radius 1 is 1.04 bits per heavy atom. The number of nitrogens with zero attached hydrogens (tertiary/aromatic N) is 2. The summed E-state index contributed by atoms with van der Waals surface area (Å²) in [6.45, 7) is 12.7. The molecule has 3 rings (SSSR count). The molecule has 2 aromatic rings. The molecule has 1 fully saturated rings. The number of carbonyl (C=O) groups is 1. The molecule has 1 aromatic carbocycles. The Balaban J connectivity index is 1.74. The first kappa shape index (κ1) is 17.6. The zero-order chi connectivity index (χ0) is 18.2. The van der Waals surface area contributed by atoms with Gasteiger partial charge in [0.25, 0.3) is 5.91 Å². The molecule has 1 aliphatic rings. The van der Waals surface area contributed by atoms with Gasteiger partial charge in [0.1, 0.15) is 5.69 Å². The van der Waals surface area contributed by atoms with Crippen LogP contribution in [-0.2, 0) is 5.41 Å². The number of aromatic amines is 1. The monoisotopic (exact) mass is 339 g/mol. The van der Waals surface area contributed by atoms with Crippen LogP contribution in [0.5, 0.6) is 0 Å². The Kier molecular flexibility index (Phi) is 4.63. The molecule has 2 atom stereocenters. The van der Waals surface area contributed by atoms with Crippen molar-refractivity contribution in [3.05, 3.63) is 53.9 Å². The third-order valence-corrected chi connectivity index (χ3v) is 5.08. The first-order chi connectivity index (χ1) is 11.8. The molecule has 25 heavy (non-hydrogen) atoms. The summed E-state index contributed by atoms with van der Waals surface area (Å²) >= 11 is 0. The minimum absolute atomic E-state index is 0.0905. The summed E-state index contributed by atoms with van der Waals surface area (Å²) in [5.74, 6) is 0.0905. The standard InChI is InChI=1S/C21H29N3O/c1-15-13-23(18-10-8-17(9-11-18)21(3,4)5)14-16(2)24(15)20(25)19-7-6-12-22-19/h6-12,15-16,22H,13-14H2,1-5H3/t15-,16+. The van der Waals surface area contributed by atoms with E-state index >= 15 is 0 Å². The van der Waals surface area contributed by atoms with Gasteiger partial charge in [-0.1, -0.05) is 32.9 Å². The van der Waals surface area contributed by atoms with Gasteiger partial charge in [-0.25, -0.2) is 0 Å². The van der Waals surface area contributed by atoms with Crippen molar-refractivity contribution in [1.82, 2.24) is 9.88 Å². The lowest BCUT2D eigenvalue weighted by Crippen LogP contribution is -2.58. The van der Waals surface area contributed by atoms with Gasteiger partial charge in [0, 0.05) is 37.1 Å². The maximum Gasteiger partial charge on any atom is 0.270 e. The summed E-state index contributed by atoms with van der Waals surface area (Å²) in [5.41, 5.74) is 3.42. The normalized spacial score (nSPS) is 21.5. The molecule has 134 valence electrons. The van der Waals surface area contributed by atoms with Crippen molar-refractivity contribution < 1.29 is 4.79 Å². The van der Waals surface area contributed by atoms with E-state index in [9.17, 15) is 4.79 Å². The van der Waals surface area contributed by atoms with Crippen LogP contribution < -0.4 is 4.90 Å². The highest BCUT2D eigenvalue weighted by Crippen LogP contribution is 2.27. The van der Waals surface area contributed by atoms with Crippen LogP contribution in [-0.4, -0.2) is 41.0 Å². The van der Waals surface area contributed by atoms with Crippen LogP contribution in [0.25, 0.3) is 0 Å². The number of hydrogen-bond donors (Lipinski definition) is 1. The SMILES string of the molecule is C[C@@H]1CN(c2ccc(C(C)(C)C)cc2)C[C@H](C)N1C(=O)c1ccc[nH]1. The second-order valence-electron chi connectivity index (χ2n) is 8.20. The van der Waals surface area contributed by atoms with Crippen molar-refractivity contribution >= 4 is 11.6 Å². The number of anilines is 1. The lowest BCUT2D eigenvalue weighted by atomic mass is 9.87. The molecule has 1 saturated heterocycles. The summed E-state index contributed by atoms with van der Waals surface area (Å²) in [7, 11) is 0. The minimum atomic E-state index is 0.0905. The van der Waals surface area contributed by atoms with E-state index in [1.807, 2.05) is 17.0 Å². The molecule has 4 heteroatoms. The molecule has 1 aromatic heterocycles. The zero-order valence-electron chi connectivity index (χ0n) is 15.9. The first-order valence-electron chi connectivity index (χ1n) is 9.09. The molecule has 1 N–H and O–H groups in total. The molecule has 0 radical (unpaired) electrons. The number of H-pyrrole nitrogens is 1. The van der Waals surface area contributed by atoms with E-state index in [0.717, 1.165) is 13.1 Å². The Labute approximate surface area is 150 Å². The average Bonchev–Trinajstić information content (AvgIpc) is 3.08. The summed E-state index contributed by atoms with van der Waals surface area (Å²) in [6.07, 6.45) is 1.80. The van der Waals surface area contributed by atoms with Gasteiger partial charge in [-0.05, 0) is 49.1 Å². The van der Waals surface area contributed by atoms with E-state index in [1.54, 1.807) is 6.20 Å². The largest absolute Gasteiger partial charge is 0.367 e. The van der Waals surface area contributed by atoms with Gasteiger partial charge >= 0.3 is 0 Å². The summed E-state index contributed by atoms with van der Waals surface area (Å²) < 4.78 is 0. The maximum absolute atomic E-state index is 12.8. The molecule has 1 aliphatic heterocycles. The van der Waals surface area contributed by atoms with Crippen molar-refractivity contribution in [2.24, 2.45) is 0 Å². The van der Waals surface area contributed by atoms with Crippen LogP contribution in [0.4, 0.5) is 5.69 Å². The molecule has 2 heterocycles. The van der Waals surface area contributed by atoms with Crippen LogP contribution >= 0.6 is 0 Å². The highest BCUT2D eigenvalue weighted by Gasteiger charge is 2.33. The molecular formula is C21H29N3O. The van der Waals surface area contributed by atoms with E-state index < -0.39 is 0 Å². The summed E-state index contributed by atoms with van der Waals surface area (Å²) in [6, 6.07) is 12.9. The minimum Gasteiger partial charge on any atom is -0.367 e. The molecule has 4 nitrogen and oxygen atoms in total. The Bertz CT molecular complexity index is 701. The van der Waals surface area contributed by atoms with E-state index in [1.165, 1.54) is 11.3 Å². The quantitative estimate of drug-likeness (QED) is 0.896.